The summed E-state index contributed by atoms with van der Waals surface area (Å²) in [5.41, 5.74) is 1.71. The lowest BCUT2D eigenvalue weighted by Crippen LogP contribution is -2.38. The van der Waals surface area contributed by atoms with E-state index >= 15 is 0 Å². The van der Waals surface area contributed by atoms with Crippen LogP contribution in [0.25, 0.3) is 0 Å². The van der Waals surface area contributed by atoms with Crippen molar-refractivity contribution in [1.82, 2.24) is 4.98 Å². The van der Waals surface area contributed by atoms with Gasteiger partial charge in [-0.2, -0.15) is 0 Å². The Kier molecular flexibility index (Phi) is 5.84. The lowest BCUT2D eigenvalue weighted by molar-refractivity contribution is -0.163. The van der Waals surface area contributed by atoms with Crippen molar-refractivity contribution >= 4 is 17.7 Å². The molecule has 23 heavy (non-hydrogen) atoms. The summed E-state index contributed by atoms with van der Waals surface area (Å²) in [4.78, 5) is 41.0. The van der Waals surface area contributed by atoms with Gasteiger partial charge in [-0.25, -0.2) is 4.79 Å². The zero-order valence-corrected chi connectivity index (χ0v) is 13.4. The summed E-state index contributed by atoms with van der Waals surface area (Å²) in [7, 11) is 0. The zero-order valence-electron chi connectivity index (χ0n) is 13.4. The Hall–Kier alpha value is -2.24. The van der Waals surface area contributed by atoms with Crippen molar-refractivity contribution in [2.24, 2.45) is 5.92 Å². The van der Waals surface area contributed by atoms with E-state index < -0.39 is 29.6 Å². The van der Waals surface area contributed by atoms with Crippen LogP contribution in [0.1, 0.15) is 43.9 Å². The van der Waals surface area contributed by atoms with Crippen molar-refractivity contribution in [2.45, 2.75) is 39.0 Å². The summed E-state index contributed by atoms with van der Waals surface area (Å²) in [6, 6.07) is 3.63. The number of fused-ring (bicyclic) bond motifs is 1. The second kappa shape index (κ2) is 7.85. The Morgan fingerprint density at radius 3 is 2.70 bits per heavy atom. The highest BCUT2D eigenvalue weighted by molar-refractivity contribution is 6.38. The van der Waals surface area contributed by atoms with E-state index in [1.54, 1.807) is 26.1 Å². The molecule has 1 aliphatic rings. The number of aryl methyl sites for hydroxylation is 1. The SMILES string of the molecule is CCOC(=O)C(=O)C(C(=O)OCC)C1CCCc2ncccc21. The number of rotatable bonds is 6. The molecule has 0 aliphatic heterocycles. The first-order valence-corrected chi connectivity index (χ1v) is 7.91. The smallest absolute Gasteiger partial charge is 0.375 e. The maximum atomic E-state index is 12.5. The van der Waals surface area contributed by atoms with Gasteiger partial charge in [-0.1, -0.05) is 6.07 Å². The zero-order chi connectivity index (χ0) is 16.8. The van der Waals surface area contributed by atoms with Crippen molar-refractivity contribution in [1.29, 1.82) is 0 Å². The van der Waals surface area contributed by atoms with E-state index in [0.717, 1.165) is 24.1 Å². The molecular formula is C17H21NO5. The Morgan fingerprint density at radius 1 is 1.26 bits per heavy atom. The van der Waals surface area contributed by atoms with Gasteiger partial charge in [-0.3, -0.25) is 14.6 Å². The Balaban J connectivity index is 2.36. The van der Waals surface area contributed by atoms with E-state index in [-0.39, 0.29) is 13.2 Å². The average Bonchev–Trinajstić information content (AvgIpc) is 2.55. The maximum absolute atomic E-state index is 12.5. The highest BCUT2D eigenvalue weighted by atomic mass is 16.5. The Morgan fingerprint density at radius 2 is 2.00 bits per heavy atom. The molecule has 0 bridgehead atoms. The maximum Gasteiger partial charge on any atom is 0.375 e. The quantitative estimate of drug-likeness (QED) is 0.452. The van der Waals surface area contributed by atoms with E-state index in [2.05, 4.69) is 4.98 Å². The Bertz CT molecular complexity index is 598. The number of esters is 2. The van der Waals surface area contributed by atoms with Crippen LogP contribution in [0.2, 0.25) is 0 Å². The highest BCUT2D eigenvalue weighted by Gasteiger charge is 2.42. The number of aromatic nitrogens is 1. The average molecular weight is 319 g/mol. The minimum Gasteiger partial charge on any atom is -0.465 e. The normalized spacial score (nSPS) is 17.7. The van der Waals surface area contributed by atoms with Crippen LogP contribution in [0.3, 0.4) is 0 Å². The van der Waals surface area contributed by atoms with Crippen LogP contribution in [-0.2, 0) is 30.3 Å². The minimum absolute atomic E-state index is 0.0862. The number of ether oxygens (including phenoxy) is 2. The van der Waals surface area contributed by atoms with Crippen LogP contribution < -0.4 is 0 Å². The van der Waals surface area contributed by atoms with Crippen LogP contribution >= 0.6 is 0 Å². The van der Waals surface area contributed by atoms with Gasteiger partial charge in [0.25, 0.3) is 5.78 Å². The van der Waals surface area contributed by atoms with Gasteiger partial charge in [-0.05, 0) is 44.7 Å². The molecule has 6 heteroatoms. The van der Waals surface area contributed by atoms with Crippen LogP contribution in [0, 0.1) is 5.92 Å². The molecule has 124 valence electrons. The highest BCUT2D eigenvalue weighted by Crippen LogP contribution is 2.37. The van der Waals surface area contributed by atoms with Crippen molar-refractivity contribution in [3.05, 3.63) is 29.6 Å². The van der Waals surface area contributed by atoms with Crippen LogP contribution in [0.4, 0.5) is 0 Å². The van der Waals surface area contributed by atoms with Gasteiger partial charge >= 0.3 is 11.9 Å². The molecule has 0 aromatic carbocycles. The molecular weight excluding hydrogens is 298 g/mol. The molecule has 2 rings (SSSR count). The third-order valence-corrected chi connectivity index (χ3v) is 3.96. The molecule has 6 nitrogen and oxygen atoms in total. The topological polar surface area (TPSA) is 82.6 Å². The van der Waals surface area contributed by atoms with Gasteiger partial charge < -0.3 is 9.47 Å². The van der Waals surface area contributed by atoms with Gasteiger partial charge in [0, 0.05) is 17.8 Å². The van der Waals surface area contributed by atoms with Crippen molar-refractivity contribution in [3.8, 4) is 0 Å². The second-order valence-corrected chi connectivity index (χ2v) is 5.35. The van der Waals surface area contributed by atoms with Gasteiger partial charge in [0.15, 0.2) is 0 Å². The summed E-state index contributed by atoms with van der Waals surface area (Å²) in [5, 5.41) is 0. The number of carbonyl (C=O) groups excluding carboxylic acids is 3. The number of pyridine rings is 1. The first-order valence-electron chi connectivity index (χ1n) is 7.91. The predicted octanol–water partition coefficient (Wildman–Crippen LogP) is 1.81. The number of ketones is 1. The lowest BCUT2D eigenvalue weighted by Gasteiger charge is -2.29. The molecule has 0 amide bonds. The number of carbonyl (C=O) groups is 3. The van der Waals surface area contributed by atoms with Gasteiger partial charge in [-0.15, -0.1) is 0 Å². The Labute approximate surface area is 135 Å². The van der Waals surface area contributed by atoms with E-state index in [9.17, 15) is 14.4 Å². The summed E-state index contributed by atoms with van der Waals surface area (Å²) >= 11 is 0. The van der Waals surface area contributed by atoms with Gasteiger partial charge in [0.05, 0.1) is 13.2 Å². The molecule has 1 aromatic heterocycles. The van der Waals surface area contributed by atoms with Crippen molar-refractivity contribution in [2.75, 3.05) is 13.2 Å². The molecule has 1 heterocycles. The molecule has 0 spiro atoms. The summed E-state index contributed by atoms with van der Waals surface area (Å²) in [6.45, 7) is 3.52. The third kappa shape index (κ3) is 3.75. The fourth-order valence-corrected chi connectivity index (χ4v) is 3.00. The molecule has 0 fully saturated rings. The van der Waals surface area contributed by atoms with Gasteiger partial charge in [0.2, 0.25) is 0 Å². The largest absolute Gasteiger partial charge is 0.465 e. The molecule has 0 saturated carbocycles. The number of hydrogen-bond acceptors (Lipinski definition) is 6. The lowest BCUT2D eigenvalue weighted by atomic mass is 9.75. The monoisotopic (exact) mass is 319 g/mol. The number of hydrogen-bond donors (Lipinski definition) is 0. The summed E-state index contributed by atoms with van der Waals surface area (Å²) in [5.74, 6) is -4.07. The molecule has 1 aromatic rings. The van der Waals surface area contributed by atoms with Gasteiger partial charge in [0.1, 0.15) is 5.92 Å². The van der Waals surface area contributed by atoms with Crippen molar-refractivity contribution in [3.63, 3.8) is 0 Å². The van der Waals surface area contributed by atoms with Crippen LogP contribution in [0.15, 0.2) is 18.3 Å². The number of Topliss-reactive ketones (excluding diaryl/α,β-unsaturated/α-hetero) is 1. The van der Waals surface area contributed by atoms with E-state index in [1.165, 1.54) is 0 Å². The first kappa shape index (κ1) is 17.1. The second-order valence-electron chi connectivity index (χ2n) is 5.35. The van der Waals surface area contributed by atoms with Crippen LogP contribution in [0.5, 0.6) is 0 Å². The minimum atomic E-state index is -1.17. The molecule has 0 radical (unpaired) electrons. The fraction of sp³-hybridized carbons (Fsp3) is 0.529. The van der Waals surface area contributed by atoms with E-state index in [0.29, 0.717) is 6.42 Å². The molecule has 0 saturated heterocycles. The summed E-state index contributed by atoms with van der Waals surface area (Å²) in [6.07, 6.45) is 3.93. The predicted molar refractivity (Wildman–Crippen MR) is 81.7 cm³/mol. The standard InChI is InChI=1S/C17H21NO5/c1-3-22-16(20)14(15(19)17(21)23-4-2)12-7-5-9-13-11(12)8-6-10-18-13/h6,8,10,12,14H,3-5,7,9H2,1-2H3. The molecule has 2 unspecified atom stereocenters. The van der Waals surface area contributed by atoms with Crippen LogP contribution in [-0.4, -0.2) is 35.9 Å². The molecule has 0 N–H and O–H groups in total. The third-order valence-electron chi connectivity index (χ3n) is 3.96. The fourth-order valence-electron chi connectivity index (χ4n) is 3.00. The number of nitrogens with zero attached hydrogens (tertiary/aromatic N) is 1. The first-order chi connectivity index (χ1) is 11.1. The van der Waals surface area contributed by atoms with E-state index in [1.807, 2.05) is 6.07 Å². The molecule has 1 aliphatic carbocycles. The summed E-state index contributed by atoms with van der Waals surface area (Å²) < 4.78 is 9.81. The van der Waals surface area contributed by atoms with E-state index in [4.69, 9.17) is 9.47 Å². The van der Waals surface area contributed by atoms with Crippen molar-refractivity contribution < 1.29 is 23.9 Å². The molecule has 2 atom stereocenters.